The highest BCUT2D eigenvalue weighted by Gasteiger charge is 2.19. The highest BCUT2D eigenvalue weighted by molar-refractivity contribution is 5.78. The minimum atomic E-state index is 0.729. The summed E-state index contributed by atoms with van der Waals surface area (Å²) < 4.78 is 0. The number of nitrogens with zero attached hydrogens (tertiary/aromatic N) is 6. The first-order valence-electron chi connectivity index (χ1n) is 9.51. The molecular weight excluding hydrogens is 314 g/mol. The van der Waals surface area contributed by atoms with Gasteiger partial charge in [-0.25, -0.2) is 9.97 Å². The Morgan fingerprint density at radius 3 is 2.68 bits per heavy atom. The summed E-state index contributed by atoms with van der Waals surface area (Å²) in [5.74, 6) is 2.31. The minimum Gasteiger partial charge on any atom is -0.370 e. The summed E-state index contributed by atoms with van der Waals surface area (Å²) in [7, 11) is 0. The Bertz CT molecular complexity index is 540. The van der Waals surface area contributed by atoms with Crippen LogP contribution in [-0.2, 0) is 0 Å². The van der Waals surface area contributed by atoms with E-state index in [9.17, 15) is 0 Å². The average Bonchev–Trinajstić information content (AvgIpc) is 2.66. The van der Waals surface area contributed by atoms with Crippen molar-refractivity contribution >= 4 is 11.9 Å². The molecule has 0 saturated carbocycles. The molecule has 2 saturated heterocycles. The van der Waals surface area contributed by atoms with Gasteiger partial charge in [-0.1, -0.05) is 6.92 Å². The average molecular weight is 345 g/mol. The fraction of sp³-hybridized carbons (Fsp3) is 0.722. The van der Waals surface area contributed by atoms with Crippen molar-refractivity contribution in [1.82, 2.24) is 19.8 Å². The smallest absolute Gasteiger partial charge is 0.225 e. The van der Waals surface area contributed by atoms with Crippen molar-refractivity contribution in [1.29, 1.82) is 0 Å². The van der Waals surface area contributed by atoms with Gasteiger partial charge < -0.3 is 15.5 Å². The molecule has 0 bridgehead atoms. The molecule has 25 heavy (non-hydrogen) atoms. The van der Waals surface area contributed by atoms with E-state index in [4.69, 9.17) is 5.73 Å². The molecule has 0 spiro atoms. The number of nitrogens with two attached hydrogens (primary N) is 1. The molecule has 2 N–H and O–H groups in total. The lowest BCUT2D eigenvalue weighted by Gasteiger charge is -2.34. The van der Waals surface area contributed by atoms with E-state index >= 15 is 0 Å². The third kappa shape index (κ3) is 5.29. The van der Waals surface area contributed by atoms with Crippen molar-refractivity contribution in [3.8, 4) is 0 Å². The highest BCUT2D eigenvalue weighted by Crippen LogP contribution is 2.15. The van der Waals surface area contributed by atoms with Crippen LogP contribution in [0.4, 0.5) is 5.95 Å². The van der Waals surface area contributed by atoms with Gasteiger partial charge >= 0.3 is 0 Å². The van der Waals surface area contributed by atoms with Crippen LogP contribution in [0, 0.1) is 5.92 Å². The maximum Gasteiger partial charge on any atom is 0.225 e. The van der Waals surface area contributed by atoms with Gasteiger partial charge in [0, 0.05) is 64.8 Å². The number of hydrogen-bond donors (Lipinski definition) is 1. The zero-order chi connectivity index (χ0) is 17.5. The van der Waals surface area contributed by atoms with Crippen LogP contribution in [0.5, 0.6) is 0 Å². The maximum atomic E-state index is 6.15. The first kappa shape index (κ1) is 17.9. The lowest BCUT2D eigenvalue weighted by atomic mass is 10.0. The van der Waals surface area contributed by atoms with Crippen molar-refractivity contribution in [2.45, 2.75) is 26.2 Å². The second-order valence-corrected chi connectivity index (χ2v) is 7.16. The Hall–Kier alpha value is -1.89. The van der Waals surface area contributed by atoms with Crippen LogP contribution in [0.3, 0.4) is 0 Å². The minimum absolute atomic E-state index is 0.729. The number of guanidine groups is 1. The molecule has 1 aromatic heterocycles. The number of anilines is 1. The van der Waals surface area contributed by atoms with Crippen LogP contribution in [0.15, 0.2) is 23.5 Å². The van der Waals surface area contributed by atoms with Gasteiger partial charge in [-0.2, -0.15) is 0 Å². The number of hydrogen-bond acceptors (Lipinski definition) is 5. The molecular formula is C18H31N7. The number of aromatic nitrogens is 2. The van der Waals surface area contributed by atoms with E-state index in [0.717, 1.165) is 76.6 Å². The molecule has 7 nitrogen and oxygen atoms in total. The Morgan fingerprint density at radius 1 is 1.20 bits per heavy atom. The Labute approximate surface area is 150 Å². The highest BCUT2D eigenvalue weighted by atomic mass is 15.3. The van der Waals surface area contributed by atoms with E-state index in [1.54, 1.807) is 12.4 Å². The summed E-state index contributed by atoms with van der Waals surface area (Å²) in [5.41, 5.74) is 6.15. The Morgan fingerprint density at radius 2 is 1.96 bits per heavy atom. The zero-order valence-electron chi connectivity index (χ0n) is 15.3. The molecule has 2 aliphatic heterocycles. The van der Waals surface area contributed by atoms with Crippen molar-refractivity contribution in [2.24, 2.45) is 16.6 Å². The number of piperazine rings is 1. The lowest BCUT2D eigenvalue weighted by molar-refractivity contribution is 0.254. The van der Waals surface area contributed by atoms with E-state index in [1.807, 2.05) is 6.07 Å². The molecule has 1 aromatic rings. The number of piperidine rings is 1. The fourth-order valence-electron chi connectivity index (χ4n) is 3.61. The zero-order valence-corrected chi connectivity index (χ0v) is 15.3. The van der Waals surface area contributed by atoms with Crippen molar-refractivity contribution in [2.75, 3.05) is 57.3 Å². The molecule has 2 fully saturated rings. The van der Waals surface area contributed by atoms with Crippen LogP contribution in [0.2, 0.25) is 0 Å². The molecule has 0 amide bonds. The van der Waals surface area contributed by atoms with Crippen LogP contribution in [0.1, 0.15) is 26.2 Å². The summed E-state index contributed by atoms with van der Waals surface area (Å²) in [6, 6.07) is 1.86. The summed E-state index contributed by atoms with van der Waals surface area (Å²) in [5, 5.41) is 0. The summed E-state index contributed by atoms with van der Waals surface area (Å²) >= 11 is 0. The molecule has 0 aromatic carbocycles. The summed E-state index contributed by atoms with van der Waals surface area (Å²) in [6.45, 7) is 10.4. The van der Waals surface area contributed by atoms with Crippen molar-refractivity contribution in [3.63, 3.8) is 0 Å². The molecule has 1 unspecified atom stereocenters. The second kappa shape index (κ2) is 8.99. The van der Waals surface area contributed by atoms with E-state index in [-0.39, 0.29) is 0 Å². The third-order valence-corrected chi connectivity index (χ3v) is 5.09. The lowest BCUT2D eigenvalue weighted by Crippen LogP contribution is -2.47. The largest absolute Gasteiger partial charge is 0.370 e. The summed E-state index contributed by atoms with van der Waals surface area (Å²) in [6.07, 6.45) is 7.21. The normalized spacial score (nSPS) is 23.1. The topological polar surface area (TPSA) is 73.9 Å². The van der Waals surface area contributed by atoms with Gasteiger partial charge in [0.05, 0.1) is 0 Å². The maximum absolute atomic E-state index is 6.15. The number of likely N-dealkylation sites (tertiary alicyclic amines) is 1. The Kier molecular flexibility index (Phi) is 6.44. The first-order chi connectivity index (χ1) is 12.2. The standard InChI is InChI=1S/C18H31N7/c1-16-5-2-10-25(15-16)17(19)20-8-4-9-23-11-13-24(14-12-23)18-21-6-3-7-22-18/h3,6-7,16H,2,4-5,8-15H2,1H3,(H2,19,20). The van der Waals surface area contributed by atoms with E-state index < -0.39 is 0 Å². The van der Waals surface area contributed by atoms with Gasteiger partial charge in [0.15, 0.2) is 5.96 Å². The van der Waals surface area contributed by atoms with Gasteiger partial charge in [-0.15, -0.1) is 0 Å². The monoisotopic (exact) mass is 345 g/mol. The van der Waals surface area contributed by atoms with E-state index in [2.05, 4.69) is 36.6 Å². The quantitative estimate of drug-likeness (QED) is 0.488. The van der Waals surface area contributed by atoms with Gasteiger partial charge in [0.25, 0.3) is 0 Å². The molecule has 1 atom stereocenters. The fourth-order valence-corrected chi connectivity index (χ4v) is 3.61. The molecule has 3 heterocycles. The molecule has 3 rings (SSSR count). The predicted molar refractivity (Wildman–Crippen MR) is 102 cm³/mol. The van der Waals surface area contributed by atoms with Crippen LogP contribution in [-0.4, -0.2) is 78.1 Å². The molecule has 2 aliphatic rings. The van der Waals surface area contributed by atoms with Crippen LogP contribution in [0.25, 0.3) is 0 Å². The number of aliphatic imine (C=N–C) groups is 1. The SMILES string of the molecule is CC1CCCN(C(N)=NCCCN2CCN(c3ncccn3)CC2)C1. The van der Waals surface area contributed by atoms with Gasteiger partial charge in [0.2, 0.25) is 5.95 Å². The first-order valence-corrected chi connectivity index (χ1v) is 9.51. The van der Waals surface area contributed by atoms with Crippen LogP contribution < -0.4 is 10.6 Å². The molecule has 7 heteroatoms. The second-order valence-electron chi connectivity index (χ2n) is 7.16. The third-order valence-electron chi connectivity index (χ3n) is 5.09. The van der Waals surface area contributed by atoms with Crippen LogP contribution >= 0.6 is 0 Å². The molecule has 138 valence electrons. The van der Waals surface area contributed by atoms with Gasteiger partial charge in [-0.3, -0.25) is 9.89 Å². The van der Waals surface area contributed by atoms with E-state index in [0.29, 0.717) is 0 Å². The predicted octanol–water partition coefficient (Wildman–Crippen LogP) is 1.04. The van der Waals surface area contributed by atoms with E-state index in [1.165, 1.54) is 12.8 Å². The van der Waals surface area contributed by atoms with Crippen molar-refractivity contribution in [3.05, 3.63) is 18.5 Å². The van der Waals surface area contributed by atoms with Crippen molar-refractivity contribution < 1.29 is 0 Å². The molecule has 0 radical (unpaired) electrons. The van der Waals surface area contributed by atoms with Gasteiger partial charge in [0.1, 0.15) is 0 Å². The molecule has 0 aliphatic carbocycles. The summed E-state index contributed by atoms with van der Waals surface area (Å²) in [4.78, 5) is 20.2. The Balaban J connectivity index is 1.34. The van der Waals surface area contributed by atoms with Gasteiger partial charge in [-0.05, 0) is 31.2 Å². The number of rotatable bonds is 5.